The number of nitrogens with zero attached hydrogens (tertiary/aromatic N) is 1. The number of hydrogen-bond donors (Lipinski definition) is 1. The molecule has 0 unspecified atom stereocenters. The molecule has 2 aromatic carbocycles. The summed E-state index contributed by atoms with van der Waals surface area (Å²) in [5.74, 6) is -0.220. The molecule has 0 aliphatic carbocycles. The van der Waals surface area contributed by atoms with Crippen molar-refractivity contribution >= 4 is 10.8 Å². The molecule has 0 bridgehead atoms. The standard InChI is InChI=1S/C20H25NO3/c1-20(2)23-13-17(24-20)19(21-11-5-6-12-21)18-15-8-4-3-7-14(15)9-10-16(18)22/h3-4,7-10,17,19,22H,5-6,11-13H2,1-2H3/t17-,19-/m1/s1. The third-order valence-electron chi connectivity index (χ3n) is 5.16. The first-order valence-electron chi connectivity index (χ1n) is 8.82. The number of benzene rings is 2. The lowest BCUT2D eigenvalue weighted by atomic mass is 9.93. The Morgan fingerprint density at radius 2 is 1.88 bits per heavy atom. The second-order valence-electron chi connectivity index (χ2n) is 7.27. The first-order valence-corrected chi connectivity index (χ1v) is 8.82. The summed E-state index contributed by atoms with van der Waals surface area (Å²) in [6.45, 7) is 6.53. The zero-order valence-electron chi connectivity index (χ0n) is 14.4. The molecule has 2 atom stereocenters. The van der Waals surface area contributed by atoms with Gasteiger partial charge < -0.3 is 14.6 Å². The van der Waals surface area contributed by atoms with Crippen molar-refractivity contribution in [2.45, 2.75) is 44.6 Å². The van der Waals surface area contributed by atoms with Crippen molar-refractivity contribution in [1.29, 1.82) is 0 Å². The molecule has 2 aliphatic rings. The van der Waals surface area contributed by atoms with Crippen LogP contribution in [0.25, 0.3) is 10.8 Å². The SMILES string of the molecule is CC1(C)OC[C@H]([C@H](c2c(O)ccc3ccccc23)N2CCCC2)O1. The quantitative estimate of drug-likeness (QED) is 0.930. The Morgan fingerprint density at radius 3 is 2.58 bits per heavy atom. The van der Waals surface area contributed by atoms with Crippen LogP contribution in [0.5, 0.6) is 5.75 Å². The topological polar surface area (TPSA) is 41.9 Å². The van der Waals surface area contributed by atoms with Gasteiger partial charge in [-0.05, 0) is 56.6 Å². The van der Waals surface area contributed by atoms with Crippen LogP contribution < -0.4 is 0 Å². The van der Waals surface area contributed by atoms with Crippen molar-refractivity contribution in [2.24, 2.45) is 0 Å². The molecule has 0 spiro atoms. The summed E-state index contributed by atoms with van der Waals surface area (Å²) in [4.78, 5) is 2.44. The summed E-state index contributed by atoms with van der Waals surface area (Å²) < 4.78 is 12.0. The molecule has 0 amide bonds. The number of rotatable bonds is 3. The Morgan fingerprint density at radius 1 is 1.12 bits per heavy atom. The molecule has 1 N–H and O–H groups in total. The zero-order valence-corrected chi connectivity index (χ0v) is 14.4. The second-order valence-corrected chi connectivity index (χ2v) is 7.27. The maximum Gasteiger partial charge on any atom is 0.163 e. The number of likely N-dealkylation sites (tertiary alicyclic amines) is 1. The maximum atomic E-state index is 10.7. The van der Waals surface area contributed by atoms with Crippen LogP contribution in [0.2, 0.25) is 0 Å². The fourth-order valence-corrected chi connectivity index (χ4v) is 4.09. The Kier molecular flexibility index (Phi) is 3.99. The molecule has 2 saturated heterocycles. The number of ether oxygens (including phenoxy) is 2. The van der Waals surface area contributed by atoms with E-state index in [4.69, 9.17) is 9.47 Å². The van der Waals surface area contributed by atoms with E-state index in [1.807, 2.05) is 38.1 Å². The van der Waals surface area contributed by atoms with Crippen LogP contribution >= 0.6 is 0 Å². The molecule has 2 aromatic rings. The first-order chi connectivity index (χ1) is 11.6. The molecule has 4 heteroatoms. The number of hydrogen-bond acceptors (Lipinski definition) is 4. The van der Waals surface area contributed by atoms with Gasteiger partial charge in [0, 0.05) is 5.56 Å². The average Bonchev–Trinajstić information content (AvgIpc) is 3.20. The highest BCUT2D eigenvalue weighted by Crippen LogP contribution is 2.42. The summed E-state index contributed by atoms with van der Waals surface area (Å²) in [5, 5.41) is 13.0. The van der Waals surface area contributed by atoms with Gasteiger partial charge in [-0.1, -0.05) is 30.3 Å². The molecule has 0 radical (unpaired) electrons. The van der Waals surface area contributed by atoms with Gasteiger partial charge in [0.05, 0.1) is 12.6 Å². The van der Waals surface area contributed by atoms with Crippen LogP contribution in [0.1, 0.15) is 38.3 Å². The van der Waals surface area contributed by atoms with E-state index in [-0.39, 0.29) is 12.1 Å². The summed E-state index contributed by atoms with van der Waals surface area (Å²) >= 11 is 0. The molecule has 4 nitrogen and oxygen atoms in total. The molecular weight excluding hydrogens is 302 g/mol. The van der Waals surface area contributed by atoms with E-state index in [1.54, 1.807) is 0 Å². The molecule has 24 heavy (non-hydrogen) atoms. The minimum absolute atomic E-state index is 0.0142. The Hall–Kier alpha value is -1.62. The van der Waals surface area contributed by atoms with Crippen LogP contribution in [-0.4, -0.2) is 41.6 Å². The van der Waals surface area contributed by atoms with Gasteiger partial charge in [0.1, 0.15) is 11.9 Å². The molecule has 4 rings (SSSR count). The van der Waals surface area contributed by atoms with Crippen molar-refractivity contribution in [3.8, 4) is 5.75 Å². The smallest absolute Gasteiger partial charge is 0.163 e. The van der Waals surface area contributed by atoms with Crippen LogP contribution in [-0.2, 0) is 9.47 Å². The normalized spacial score (nSPS) is 25.3. The highest BCUT2D eigenvalue weighted by Gasteiger charge is 2.42. The Labute approximate surface area is 143 Å². The van der Waals surface area contributed by atoms with Crippen molar-refractivity contribution < 1.29 is 14.6 Å². The van der Waals surface area contributed by atoms with Gasteiger partial charge >= 0.3 is 0 Å². The van der Waals surface area contributed by atoms with Gasteiger partial charge in [-0.3, -0.25) is 4.90 Å². The zero-order chi connectivity index (χ0) is 16.7. The van der Waals surface area contributed by atoms with Crippen LogP contribution in [0.15, 0.2) is 36.4 Å². The minimum atomic E-state index is -0.567. The second kappa shape index (κ2) is 6.03. The average molecular weight is 327 g/mol. The lowest BCUT2D eigenvalue weighted by Crippen LogP contribution is -2.37. The first kappa shape index (κ1) is 15.9. The van der Waals surface area contributed by atoms with E-state index in [1.165, 1.54) is 12.8 Å². The molecule has 0 saturated carbocycles. The predicted octanol–water partition coefficient (Wildman–Crippen LogP) is 3.83. The van der Waals surface area contributed by atoms with Crippen LogP contribution in [0, 0.1) is 0 Å². The lowest BCUT2D eigenvalue weighted by Gasteiger charge is -2.33. The van der Waals surface area contributed by atoms with Crippen molar-refractivity contribution in [3.05, 3.63) is 42.0 Å². The summed E-state index contributed by atoms with van der Waals surface area (Å²) in [5.41, 5.74) is 0.973. The Balaban J connectivity index is 1.83. The Bertz CT molecular complexity index is 737. The number of aromatic hydroxyl groups is 1. The monoisotopic (exact) mass is 327 g/mol. The van der Waals surface area contributed by atoms with E-state index < -0.39 is 5.79 Å². The van der Waals surface area contributed by atoms with Gasteiger partial charge in [0.15, 0.2) is 5.79 Å². The van der Waals surface area contributed by atoms with Crippen LogP contribution in [0.3, 0.4) is 0 Å². The molecule has 0 aromatic heterocycles. The molecular formula is C20H25NO3. The summed E-state index contributed by atoms with van der Waals surface area (Å²) in [6, 6.07) is 12.0. The fraction of sp³-hybridized carbons (Fsp3) is 0.500. The number of phenolic OH excluding ortho intramolecular Hbond substituents is 1. The van der Waals surface area contributed by atoms with E-state index in [0.29, 0.717) is 12.4 Å². The van der Waals surface area contributed by atoms with E-state index in [0.717, 1.165) is 29.4 Å². The lowest BCUT2D eigenvalue weighted by molar-refractivity contribution is -0.146. The van der Waals surface area contributed by atoms with Crippen LogP contribution in [0.4, 0.5) is 0 Å². The summed E-state index contributed by atoms with van der Waals surface area (Å²) in [6.07, 6.45) is 2.31. The van der Waals surface area contributed by atoms with Gasteiger partial charge in [-0.25, -0.2) is 0 Å². The number of fused-ring (bicyclic) bond motifs is 1. The van der Waals surface area contributed by atoms with Gasteiger partial charge in [-0.15, -0.1) is 0 Å². The van der Waals surface area contributed by atoms with Gasteiger partial charge in [0.2, 0.25) is 0 Å². The summed E-state index contributed by atoms with van der Waals surface area (Å²) in [7, 11) is 0. The fourth-order valence-electron chi connectivity index (χ4n) is 4.09. The predicted molar refractivity (Wildman–Crippen MR) is 94.1 cm³/mol. The maximum absolute atomic E-state index is 10.7. The van der Waals surface area contributed by atoms with E-state index >= 15 is 0 Å². The van der Waals surface area contributed by atoms with E-state index in [2.05, 4.69) is 17.0 Å². The third-order valence-corrected chi connectivity index (χ3v) is 5.16. The van der Waals surface area contributed by atoms with Crippen molar-refractivity contribution in [2.75, 3.05) is 19.7 Å². The number of phenols is 1. The molecule has 2 fully saturated rings. The van der Waals surface area contributed by atoms with Gasteiger partial charge in [0.25, 0.3) is 0 Å². The highest BCUT2D eigenvalue weighted by atomic mass is 16.7. The van der Waals surface area contributed by atoms with E-state index in [9.17, 15) is 5.11 Å². The molecule has 2 aliphatic heterocycles. The van der Waals surface area contributed by atoms with Crippen molar-refractivity contribution in [3.63, 3.8) is 0 Å². The van der Waals surface area contributed by atoms with Crippen molar-refractivity contribution in [1.82, 2.24) is 4.90 Å². The minimum Gasteiger partial charge on any atom is -0.508 e. The largest absolute Gasteiger partial charge is 0.508 e. The van der Waals surface area contributed by atoms with Gasteiger partial charge in [-0.2, -0.15) is 0 Å². The molecule has 128 valence electrons. The highest BCUT2D eigenvalue weighted by molar-refractivity contribution is 5.88. The molecule has 2 heterocycles. The third kappa shape index (κ3) is 2.79.